The summed E-state index contributed by atoms with van der Waals surface area (Å²) in [6.07, 6.45) is 11.6. The third-order valence-corrected chi connectivity index (χ3v) is 6.57. The number of fused-ring (bicyclic) bond motifs is 2. The van der Waals surface area contributed by atoms with Gasteiger partial charge in [-0.3, -0.25) is 0 Å². The monoisotopic (exact) mass is 491 g/mol. The highest BCUT2D eigenvalue weighted by molar-refractivity contribution is 5.99. The van der Waals surface area contributed by atoms with Crippen molar-refractivity contribution < 1.29 is 0 Å². The van der Waals surface area contributed by atoms with Crippen LogP contribution in [0.5, 0.6) is 0 Å². The zero-order valence-electron chi connectivity index (χ0n) is 21.3. The smallest absolute Gasteiger partial charge is 0.0992 e. The molecular formula is C33H25N5. The number of nitrogens with zero attached hydrogens (tertiary/aromatic N) is 5. The van der Waals surface area contributed by atoms with Gasteiger partial charge >= 0.3 is 0 Å². The first kappa shape index (κ1) is 24.3. The first-order chi connectivity index (χ1) is 18.6. The normalized spacial score (nSPS) is 12.3. The van der Waals surface area contributed by atoms with Crippen LogP contribution in [0.1, 0.15) is 36.2 Å². The van der Waals surface area contributed by atoms with Crippen LogP contribution in [-0.2, 0) is 0 Å². The van der Waals surface area contributed by atoms with E-state index in [0.717, 1.165) is 55.3 Å². The van der Waals surface area contributed by atoms with Crippen LogP contribution in [-0.4, -0.2) is 14.1 Å². The Morgan fingerprint density at radius 3 is 2.03 bits per heavy atom. The lowest BCUT2D eigenvalue weighted by atomic mass is 10.2. The Kier molecular flexibility index (Phi) is 6.35. The highest BCUT2D eigenvalue weighted by atomic mass is 15.0. The maximum atomic E-state index is 9.56. The molecule has 0 aliphatic heterocycles. The molecule has 2 aromatic carbocycles. The number of benzene rings is 2. The molecule has 0 amide bonds. The fourth-order valence-electron chi connectivity index (χ4n) is 5.04. The number of hydrogen-bond donors (Lipinski definition) is 0. The summed E-state index contributed by atoms with van der Waals surface area (Å²) in [5.41, 5.74) is 8.17. The van der Waals surface area contributed by atoms with Gasteiger partial charge in [0.25, 0.3) is 0 Å². The Morgan fingerprint density at radius 2 is 1.47 bits per heavy atom. The molecule has 0 atom stereocenters. The van der Waals surface area contributed by atoms with E-state index in [1.54, 1.807) is 18.2 Å². The largest absolute Gasteiger partial charge is 0.308 e. The molecule has 0 saturated carbocycles. The van der Waals surface area contributed by atoms with Gasteiger partial charge in [-0.25, -0.2) is 4.98 Å². The predicted molar refractivity (Wildman–Crippen MR) is 156 cm³/mol. The van der Waals surface area contributed by atoms with E-state index in [9.17, 15) is 10.5 Å². The summed E-state index contributed by atoms with van der Waals surface area (Å²) in [6, 6.07) is 21.7. The van der Waals surface area contributed by atoms with Gasteiger partial charge in [-0.1, -0.05) is 49.6 Å². The Bertz CT molecular complexity index is 2000. The maximum absolute atomic E-state index is 9.56. The van der Waals surface area contributed by atoms with Crippen LogP contribution in [0.4, 0.5) is 0 Å². The molecule has 3 heterocycles. The molecule has 5 rings (SSSR count). The first-order valence-corrected chi connectivity index (χ1v) is 12.2. The Labute approximate surface area is 221 Å². The predicted octanol–water partition coefficient (Wildman–Crippen LogP) is 6.16. The van der Waals surface area contributed by atoms with Crippen molar-refractivity contribution >= 4 is 46.4 Å². The lowest BCUT2D eigenvalue weighted by Crippen LogP contribution is -2.28. The van der Waals surface area contributed by atoms with Crippen molar-refractivity contribution in [1.29, 1.82) is 10.5 Å². The van der Waals surface area contributed by atoms with Gasteiger partial charge in [0.2, 0.25) is 0 Å². The van der Waals surface area contributed by atoms with Crippen LogP contribution in [0, 0.1) is 22.7 Å². The van der Waals surface area contributed by atoms with Crippen LogP contribution in [0.2, 0.25) is 0 Å². The minimum Gasteiger partial charge on any atom is -0.308 e. The minimum atomic E-state index is 0.575. The molecule has 0 N–H and O–H groups in total. The highest BCUT2D eigenvalue weighted by Crippen LogP contribution is 2.33. The average molecular weight is 492 g/mol. The third-order valence-electron chi connectivity index (χ3n) is 6.57. The third kappa shape index (κ3) is 3.75. The van der Waals surface area contributed by atoms with Crippen molar-refractivity contribution in [3.8, 4) is 23.5 Å². The highest BCUT2D eigenvalue weighted by Gasteiger charge is 2.20. The first-order valence-electron chi connectivity index (χ1n) is 12.2. The molecule has 0 radical (unpaired) electrons. The van der Waals surface area contributed by atoms with Gasteiger partial charge in [0.05, 0.1) is 56.4 Å². The standard InChI is InChI=1S/C33H25N5/c1-5-11-28-26(7-3)32-30(37(28)24-15-9-13-22(17-24)20-34)19-31-33(36-32)27(8-4)29(12-6-2)38(31)25-16-10-14-23(18-25)21-35/h5-19H,1,4H2,2-3H3/b12-6-,26-7+,28-11+. The zero-order chi connectivity index (χ0) is 26.8. The quantitative estimate of drug-likeness (QED) is 0.296. The van der Waals surface area contributed by atoms with Crippen molar-refractivity contribution in [2.75, 3.05) is 0 Å². The van der Waals surface area contributed by atoms with Crippen molar-refractivity contribution in [2.24, 2.45) is 0 Å². The lowest BCUT2D eigenvalue weighted by molar-refractivity contribution is 1.06. The Balaban J connectivity index is 2.04. The molecule has 0 saturated heterocycles. The second-order valence-electron chi connectivity index (χ2n) is 8.71. The number of hydrogen-bond acceptors (Lipinski definition) is 3. The SMILES string of the molecule is C=C/C=c1\c(=C/C)c2nc3c(C=C)c(/C=C\C)n(-c4cccc(C#N)c4)c3cc2n1-c1cccc(C#N)c1. The van der Waals surface area contributed by atoms with Crippen LogP contribution >= 0.6 is 0 Å². The zero-order valence-corrected chi connectivity index (χ0v) is 21.3. The average Bonchev–Trinajstić information content (AvgIpc) is 3.42. The molecule has 0 fully saturated rings. The van der Waals surface area contributed by atoms with Crippen LogP contribution in [0.3, 0.4) is 0 Å². The van der Waals surface area contributed by atoms with E-state index in [2.05, 4.69) is 46.6 Å². The number of aromatic nitrogens is 3. The van der Waals surface area contributed by atoms with E-state index >= 15 is 0 Å². The van der Waals surface area contributed by atoms with E-state index < -0.39 is 0 Å². The summed E-state index contributed by atoms with van der Waals surface area (Å²) in [4.78, 5) is 5.22. The molecular weight excluding hydrogens is 466 g/mol. The topological polar surface area (TPSA) is 70.3 Å². The molecule has 0 spiro atoms. The summed E-state index contributed by atoms with van der Waals surface area (Å²) in [5, 5.41) is 21.0. The van der Waals surface area contributed by atoms with Crippen molar-refractivity contribution in [1.82, 2.24) is 14.1 Å². The Hall–Kier alpha value is -5.39. The van der Waals surface area contributed by atoms with Gasteiger partial charge in [0, 0.05) is 22.2 Å². The van der Waals surface area contributed by atoms with Gasteiger partial charge < -0.3 is 9.13 Å². The van der Waals surface area contributed by atoms with E-state index in [0.29, 0.717) is 11.1 Å². The van der Waals surface area contributed by atoms with Crippen LogP contribution < -0.4 is 10.6 Å². The summed E-state index contributed by atoms with van der Waals surface area (Å²) in [5.74, 6) is 0. The van der Waals surface area contributed by atoms with Gasteiger partial charge in [-0.2, -0.15) is 10.5 Å². The fourth-order valence-corrected chi connectivity index (χ4v) is 5.04. The second-order valence-corrected chi connectivity index (χ2v) is 8.71. The van der Waals surface area contributed by atoms with E-state index in [4.69, 9.17) is 4.98 Å². The molecule has 38 heavy (non-hydrogen) atoms. The number of nitriles is 2. The summed E-state index contributed by atoms with van der Waals surface area (Å²) in [6.45, 7) is 12.0. The molecule has 182 valence electrons. The van der Waals surface area contributed by atoms with Crippen molar-refractivity contribution in [3.05, 3.63) is 113 Å². The molecule has 0 aliphatic carbocycles. The molecule has 0 aliphatic rings. The van der Waals surface area contributed by atoms with Gasteiger partial charge in [0.1, 0.15) is 0 Å². The summed E-state index contributed by atoms with van der Waals surface area (Å²) >= 11 is 0. The summed E-state index contributed by atoms with van der Waals surface area (Å²) in [7, 11) is 0. The molecule has 0 bridgehead atoms. The Morgan fingerprint density at radius 1 is 0.842 bits per heavy atom. The molecule has 5 nitrogen and oxygen atoms in total. The minimum absolute atomic E-state index is 0.575. The van der Waals surface area contributed by atoms with Gasteiger partial charge in [0.15, 0.2) is 0 Å². The van der Waals surface area contributed by atoms with Gasteiger partial charge in [-0.05, 0) is 68.5 Å². The molecule has 0 unspecified atom stereocenters. The number of allylic oxidation sites excluding steroid dienone is 2. The van der Waals surface area contributed by atoms with Crippen LogP contribution in [0.15, 0.2) is 79.9 Å². The van der Waals surface area contributed by atoms with Gasteiger partial charge in [-0.15, -0.1) is 0 Å². The van der Waals surface area contributed by atoms with E-state index in [1.165, 1.54) is 0 Å². The molecule has 5 aromatic rings. The summed E-state index contributed by atoms with van der Waals surface area (Å²) < 4.78 is 4.24. The number of pyridine rings is 1. The van der Waals surface area contributed by atoms with E-state index in [-0.39, 0.29) is 0 Å². The second kappa shape index (κ2) is 9.93. The van der Waals surface area contributed by atoms with Crippen molar-refractivity contribution in [2.45, 2.75) is 13.8 Å². The van der Waals surface area contributed by atoms with Crippen molar-refractivity contribution in [3.63, 3.8) is 0 Å². The van der Waals surface area contributed by atoms with E-state index in [1.807, 2.05) is 74.5 Å². The lowest BCUT2D eigenvalue weighted by Gasteiger charge is -2.11. The number of rotatable bonds is 5. The molecule has 3 aromatic heterocycles. The maximum Gasteiger partial charge on any atom is 0.0992 e. The molecule has 5 heteroatoms. The fraction of sp³-hybridized carbons (Fsp3) is 0.0606. The van der Waals surface area contributed by atoms with Crippen LogP contribution in [0.25, 0.3) is 57.7 Å².